The molecule has 2 rings (SSSR count). The van der Waals surface area contributed by atoms with Crippen molar-refractivity contribution in [2.45, 2.75) is 38.6 Å². The maximum Gasteiger partial charge on any atom is 0.246 e. The van der Waals surface area contributed by atoms with Gasteiger partial charge in [-0.25, -0.2) is 8.78 Å². The molecule has 3 nitrogen and oxygen atoms in total. The molecule has 1 aliphatic rings. The van der Waals surface area contributed by atoms with Gasteiger partial charge in [-0.05, 0) is 69.5 Å². The lowest BCUT2D eigenvalue weighted by atomic mass is 9.86. The maximum atomic E-state index is 13.3. The van der Waals surface area contributed by atoms with Crippen LogP contribution in [0.5, 0.6) is 0 Å². The summed E-state index contributed by atoms with van der Waals surface area (Å²) in [5.41, 5.74) is 0.483. The Hall–Kier alpha value is -1.75. The standard InChI is InChI=1S/C20H28F2N2O/c1-15-4-8-17(9-5-15)24(13-12-23(2)3)20(25)11-7-16-6-10-18(21)19(22)14-16/h6-7,10-11,14-15,17H,4-5,8-9,12-13H2,1-3H3/t15-,17-. The largest absolute Gasteiger partial charge is 0.335 e. The van der Waals surface area contributed by atoms with Gasteiger partial charge < -0.3 is 9.80 Å². The van der Waals surface area contributed by atoms with Crippen LogP contribution in [0.4, 0.5) is 8.78 Å². The highest BCUT2D eigenvalue weighted by molar-refractivity contribution is 5.92. The van der Waals surface area contributed by atoms with Crippen molar-refractivity contribution >= 4 is 12.0 Å². The van der Waals surface area contributed by atoms with Gasteiger partial charge in [0.15, 0.2) is 11.6 Å². The average molecular weight is 350 g/mol. The van der Waals surface area contributed by atoms with Crippen molar-refractivity contribution in [2.75, 3.05) is 27.2 Å². The Bertz CT molecular complexity index is 608. The van der Waals surface area contributed by atoms with Crippen molar-refractivity contribution in [1.82, 2.24) is 9.80 Å². The van der Waals surface area contributed by atoms with Crippen molar-refractivity contribution in [3.05, 3.63) is 41.5 Å². The van der Waals surface area contributed by atoms with Crippen molar-refractivity contribution in [3.63, 3.8) is 0 Å². The Morgan fingerprint density at radius 2 is 1.80 bits per heavy atom. The van der Waals surface area contributed by atoms with Gasteiger partial charge in [-0.3, -0.25) is 4.79 Å². The first kappa shape index (κ1) is 19.6. The number of benzene rings is 1. The fourth-order valence-electron chi connectivity index (χ4n) is 3.21. The lowest BCUT2D eigenvalue weighted by molar-refractivity contribution is -0.129. The van der Waals surface area contributed by atoms with Gasteiger partial charge in [-0.2, -0.15) is 0 Å². The third-order valence-corrected chi connectivity index (χ3v) is 4.86. The van der Waals surface area contributed by atoms with Crippen LogP contribution in [0, 0.1) is 17.6 Å². The Morgan fingerprint density at radius 1 is 1.12 bits per heavy atom. The van der Waals surface area contributed by atoms with Gasteiger partial charge in [0.25, 0.3) is 0 Å². The Balaban J connectivity index is 2.07. The van der Waals surface area contributed by atoms with Crippen LogP contribution < -0.4 is 0 Å². The molecule has 0 aliphatic heterocycles. The van der Waals surface area contributed by atoms with Gasteiger partial charge in [0, 0.05) is 25.2 Å². The molecule has 0 unspecified atom stereocenters. The molecule has 0 aromatic heterocycles. The molecule has 1 amide bonds. The van der Waals surface area contributed by atoms with E-state index in [1.54, 1.807) is 6.08 Å². The summed E-state index contributed by atoms with van der Waals surface area (Å²) in [5, 5.41) is 0. The second-order valence-corrected chi connectivity index (χ2v) is 7.26. The number of carbonyl (C=O) groups excluding carboxylic acids is 1. The summed E-state index contributed by atoms with van der Waals surface area (Å²) < 4.78 is 26.3. The van der Waals surface area contributed by atoms with Crippen molar-refractivity contribution in [3.8, 4) is 0 Å². The quantitative estimate of drug-likeness (QED) is 0.726. The highest BCUT2D eigenvalue weighted by atomic mass is 19.2. The van der Waals surface area contributed by atoms with E-state index in [1.165, 1.54) is 12.1 Å². The van der Waals surface area contributed by atoms with Gasteiger partial charge in [-0.1, -0.05) is 13.0 Å². The number of carbonyl (C=O) groups is 1. The third kappa shape index (κ3) is 5.92. The molecular formula is C20H28F2N2O. The van der Waals surface area contributed by atoms with Gasteiger partial charge in [-0.15, -0.1) is 0 Å². The summed E-state index contributed by atoms with van der Waals surface area (Å²) >= 11 is 0. The van der Waals surface area contributed by atoms with Crippen LogP contribution in [0.2, 0.25) is 0 Å². The molecule has 0 bridgehead atoms. The van der Waals surface area contributed by atoms with E-state index in [0.717, 1.165) is 50.3 Å². The third-order valence-electron chi connectivity index (χ3n) is 4.86. The lowest BCUT2D eigenvalue weighted by Gasteiger charge is -2.36. The lowest BCUT2D eigenvalue weighted by Crippen LogP contribution is -2.44. The van der Waals surface area contributed by atoms with E-state index in [2.05, 4.69) is 11.8 Å². The van der Waals surface area contributed by atoms with E-state index in [1.807, 2.05) is 19.0 Å². The first-order valence-electron chi connectivity index (χ1n) is 8.95. The molecule has 25 heavy (non-hydrogen) atoms. The summed E-state index contributed by atoms with van der Waals surface area (Å²) in [7, 11) is 3.98. The zero-order valence-electron chi connectivity index (χ0n) is 15.3. The van der Waals surface area contributed by atoms with Gasteiger partial charge >= 0.3 is 0 Å². The number of rotatable bonds is 6. The average Bonchev–Trinajstić information content (AvgIpc) is 2.57. The molecule has 0 saturated heterocycles. The van der Waals surface area contributed by atoms with Crippen molar-refractivity contribution in [1.29, 1.82) is 0 Å². The van der Waals surface area contributed by atoms with E-state index >= 15 is 0 Å². The van der Waals surface area contributed by atoms with E-state index in [9.17, 15) is 13.6 Å². The summed E-state index contributed by atoms with van der Waals surface area (Å²) in [6.07, 6.45) is 7.37. The minimum Gasteiger partial charge on any atom is -0.335 e. The molecule has 1 aromatic carbocycles. The smallest absolute Gasteiger partial charge is 0.246 e. The zero-order chi connectivity index (χ0) is 18.4. The summed E-state index contributed by atoms with van der Waals surface area (Å²) in [6.45, 7) is 3.73. The number of amides is 1. The Labute approximate surface area is 149 Å². The molecule has 0 radical (unpaired) electrons. The van der Waals surface area contributed by atoms with Gasteiger partial charge in [0.1, 0.15) is 0 Å². The molecule has 0 N–H and O–H groups in total. The van der Waals surface area contributed by atoms with Crippen LogP contribution >= 0.6 is 0 Å². The maximum absolute atomic E-state index is 13.3. The fourth-order valence-corrected chi connectivity index (χ4v) is 3.21. The topological polar surface area (TPSA) is 23.6 Å². The van der Waals surface area contributed by atoms with E-state index in [4.69, 9.17) is 0 Å². The molecule has 1 saturated carbocycles. The van der Waals surface area contributed by atoms with E-state index in [0.29, 0.717) is 12.1 Å². The fraction of sp³-hybridized carbons (Fsp3) is 0.550. The van der Waals surface area contributed by atoms with Gasteiger partial charge in [0.2, 0.25) is 5.91 Å². The van der Waals surface area contributed by atoms with Gasteiger partial charge in [0.05, 0.1) is 0 Å². The number of hydrogen-bond donors (Lipinski definition) is 0. The number of halogens is 2. The minimum absolute atomic E-state index is 0.0638. The summed E-state index contributed by atoms with van der Waals surface area (Å²) in [5.74, 6) is -1.13. The van der Waals surface area contributed by atoms with Crippen LogP contribution in [0.15, 0.2) is 24.3 Å². The molecule has 5 heteroatoms. The molecule has 1 aliphatic carbocycles. The number of hydrogen-bond acceptors (Lipinski definition) is 2. The molecule has 0 heterocycles. The minimum atomic E-state index is -0.902. The molecule has 1 fully saturated rings. The second-order valence-electron chi connectivity index (χ2n) is 7.26. The highest BCUT2D eigenvalue weighted by Crippen LogP contribution is 2.27. The summed E-state index contributed by atoms with van der Waals surface area (Å²) in [6, 6.07) is 3.91. The van der Waals surface area contributed by atoms with Crippen molar-refractivity contribution in [2.24, 2.45) is 5.92 Å². The molecule has 0 spiro atoms. The van der Waals surface area contributed by atoms with Crippen LogP contribution in [-0.4, -0.2) is 48.9 Å². The van der Waals surface area contributed by atoms with Crippen molar-refractivity contribution < 1.29 is 13.6 Å². The van der Waals surface area contributed by atoms with E-state index in [-0.39, 0.29) is 11.9 Å². The number of likely N-dealkylation sites (N-methyl/N-ethyl adjacent to an activating group) is 1. The monoisotopic (exact) mass is 350 g/mol. The molecular weight excluding hydrogens is 322 g/mol. The first-order chi connectivity index (χ1) is 11.9. The van der Waals surface area contributed by atoms with Crippen LogP contribution in [0.25, 0.3) is 6.08 Å². The number of nitrogens with zero attached hydrogens (tertiary/aromatic N) is 2. The predicted octanol–water partition coefficient (Wildman–Crippen LogP) is 3.95. The van der Waals surface area contributed by atoms with E-state index < -0.39 is 11.6 Å². The molecule has 1 aromatic rings. The highest BCUT2D eigenvalue weighted by Gasteiger charge is 2.26. The normalized spacial score (nSPS) is 21.0. The Kier molecular flexibility index (Phi) is 7.12. The second kappa shape index (κ2) is 9.09. The van der Waals surface area contributed by atoms with Crippen LogP contribution in [0.1, 0.15) is 38.2 Å². The summed E-state index contributed by atoms with van der Waals surface area (Å²) in [4.78, 5) is 16.7. The molecule has 138 valence electrons. The van der Waals surface area contributed by atoms with Crippen LogP contribution in [-0.2, 0) is 4.79 Å². The Morgan fingerprint density at radius 3 is 2.40 bits per heavy atom. The zero-order valence-corrected chi connectivity index (χ0v) is 15.3. The van der Waals surface area contributed by atoms with Crippen LogP contribution in [0.3, 0.4) is 0 Å². The molecule has 0 atom stereocenters. The predicted molar refractivity (Wildman–Crippen MR) is 97.1 cm³/mol. The first-order valence-corrected chi connectivity index (χ1v) is 8.95. The SMILES string of the molecule is CN(C)CCN(C(=O)C=Cc1ccc(F)c(F)c1)[C@H]1CC[C@H](C)CC1.